The van der Waals surface area contributed by atoms with Gasteiger partial charge in [-0.05, 0) is 22.9 Å². The summed E-state index contributed by atoms with van der Waals surface area (Å²) in [6, 6.07) is 0. The van der Waals surface area contributed by atoms with E-state index in [0.717, 1.165) is 9.48 Å². The smallest absolute Gasteiger partial charge is 0.123 e. The van der Waals surface area contributed by atoms with Gasteiger partial charge in [-0.25, -0.2) is 4.98 Å². The molecule has 1 N–H and O–H groups in total. The molecule has 0 fully saturated rings. The van der Waals surface area contributed by atoms with E-state index in [1.165, 1.54) is 11.3 Å². The Kier molecular flexibility index (Phi) is 3.85. The molecular formula is C8H12BrNO2S. The fraction of sp³-hybridized carbons (Fsp3) is 0.625. The molecule has 0 saturated carbocycles. The highest BCUT2D eigenvalue weighted by Crippen LogP contribution is 2.33. The van der Waals surface area contributed by atoms with Gasteiger partial charge in [0.2, 0.25) is 0 Å². The molecule has 1 rings (SSSR count). The van der Waals surface area contributed by atoms with Crippen molar-refractivity contribution in [1.29, 1.82) is 0 Å². The Morgan fingerprint density at radius 3 is 2.92 bits per heavy atom. The highest BCUT2D eigenvalue weighted by atomic mass is 79.9. The molecule has 74 valence electrons. The number of halogens is 1. The van der Waals surface area contributed by atoms with E-state index in [-0.39, 0.29) is 0 Å². The molecular weight excluding hydrogens is 254 g/mol. The first-order valence-electron chi connectivity index (χ1n) is 3.88. The molecule has 3 nitrogen and oxygen atoms in total. The van der Waals surface area contributed by atoms with Crippen LogP contribution >= 0.6 is 27.3 Å². The van der Waals surface area contributed by atoms with Gasteiger partial charge in [-0.2, -0.15) is 0 Å². The lowest BCUT2D eigenvalue weighted by Gasteiger charge is -2.21. The summed E-state index contributed by atoms with van der Waals surface area (Å²) >= 11 is 4.74. The van der Waals surface area contributed by atoms with Gasteiger partial charge in [-0.3, -0.25) is 0 Å². The van der Waals surface area contributed by atoms with E-state index in [1.807, 2.05) is 0 Å². The minimum atomic E-state index is -0.851. The van der Waals surface area contributed by atoms with Crippen molar-refractivity contribution >= 4 is 27.3 Å². The minimum absolute atomic E-state index is 0.539. The van der Waals surface area contributed by atoms with Crippen LogP contribution in [0.15, 0.2) is 10.1 Å². The lowest BCUT2D eigenvalue weighted by atomic mass is 10.0. The van der Waals surface area contributed by atoms with E-state index in [4.69, 9.17) is 4.74 Å². The summed E-state index contributed by atoms with van der Waals surface area (Å²) in [5, 5.41) is 10.0. The van der Waals surface area contributed by atoms with Crippen molar-refractivity contribution in [3.63, 3.8) is 0 Å². The molecule has 1 heterocycles. The van der Waals surface area contributed by atoms with Gasteiger partial charge in [0.05, 0.1) is 10.4 Å². The highest BCUT2D eigenvalue weighted by Gasteiger charge is 2.27. The zero-order valence-corrected chi connectivity index (χ0v) is 9.98. The van der Waals surface area contributed by atoms with Crippen molar-refractivity contribution in [2.45, 2.75) is 18.9 Å². The summed E-state index contributed by atoms with van der Waals surface area (Å²) in [5.41, 5.74) is 0.858. The van der Waals surface area contributed by atoms with Gasteiger partial charge in [0.15, 0.2) is 0 Å². The van der Waals surface area contributed by atoms with Crippen molar-refractivity contribution in [2.24, 2.45) is 0 Å². The molecule has 5 heteroatoms. The molecule has 0 spiro atoms. The van der Waals surface area contributed by atoms with Crippen molar-refractivity contribution in [3.05, 3.63) is 15.0 Å². The Balaban J connectivity index is 2.74. The average Bonchev–Trinajstić information content (AvgIpc) is 2.48. The standard InChI is InChI=1S/C8H12BrNO2S/c1-8(11,3-4-12-2)6-7(9)10-5-13-6/h5,11H,3-4H2,1-2H3. The summed E-state index contributed by atoms with van der Waals surface area (Å²) in [4.78, 5) is 4.88. The van der Waals surface area contributed by atoms with Crippen LogP contribution in [0, 0.1) is 0 Å². The predicted octanol–water partition coefficient (Wildman–Crippen LogP) is 2.15. The van der Waals surface area contributed by atoms with Gasteiger partial charge in [0.25, 0.3) is 0 Å². The normalized spacial score (nSPS) is 15.7. The molecule has 0 aliphatic rings. The molecule has 1 aromatic rings. The topological polar surface area (TPSA) is 42.4 Å². The Morgan fingerprint density at radius 2 is 2.46 bits per heavy atom. The predicted molar refractivity (Wildman–Crippen MR) is 55.9 cm³/mol. The van der Waals surface area contributed by atoms with E-state index < -0.39 is 5.60 Å². The third kappa shape index (κ3) is 2.74. The molecule has 0 bridgehead atoms. The molecule has 1 aromatic heterocycles. The summed E-state index contributed by atoms with van der Waals surface area (Å²) in [6.07, 6.45) is 0.574. The summed E-state index contributed by atoms with van der Waals surface area (Å²) in [5.74, 6) is 0. The maximum absolute atomic E-state index is 10.0. The van der Waals surface area contributed by atoms with E-state index in [2.05, 4.69) is 20.9 Å². The number of aromatic nitrogens is 1. The van der Waals surface area contributed by atoms with E-state index >= 15 is 0 Å². The Labute approximate surface area is 89.9 Å². The third-order valence-electron chi connectivity index (χ3n) is 1.81. The molecule has 0 aliphatic heterocycles. The van der Waals surface area contributed by atoms with Crippen LogP contribution in [0.5, 0.6) is 0 Å². The number of hydrogen-bond donors (Lipinski definition) is 1. The Bertz CT molecular complexity index is 275. The molecule has 0 aromatic carbocycles. The number of hydrogen-bond acceptors (Lipinski definition) is 4. The molecule has 0 radical (unpaired) electrons. The summed E-state index contributed by atoms with van der Waals surface area (Å²) in [7, 11) is 1.62. The number of thiazole rings is 1. The minimum Gasteiger partial charge on any atom is -0.385 e. The fourth-order valence-corrected chi connectivity index (χ4v) is 2.71. The van der Waals surface area contributed by atoms with Gasteiger partial charge in [0.1, 0.15) is 10.2 Å². The Morgan fingerprint density at radius 1 is 1.77 bits per heavy atom. The lowest BCUT2D eigenvalue weighted by molar-refractivity contribution is 0.0234. The molecule has 0 aliphatic carbocycles. The lowest BCUT2D eigenvalue weighted by Crippen LogP contribution is -2.22. The zero-order valence-electron chi connectivity index (χ0n) is 7.58. The van der Waals surface area contributed by atoms with Crippen LogP contribution in [0.3, 0.4) is 0 Å². The molecule has 13 heavy (non-hydrogen) atoms. The summed E-state index contributed by atoms with van der Waals surface area (Å²) < 4.78 is 5.65. The number of ether oxygens (including phenoxy) is 1. The second-order valence-electron chi connectivity index (χ2n) is 2.99. The molecule has 0 amide bonds. The molecule has 1 atom stereocenters. The van der Waals surface area contributed by atoms with E-state index in [0.29, 0.717) is 13.0 Å². The second kappa shape index (κ2) is 4.50. The van der Waals surface area contributed by atoms with Gasteiger partial charge < -0.3 is 9.84 Å². The van der Waals surface area contributed by atoms with E-state index in [1.54, 1.807) is 19.5 Å². The van der Waals surface area contributed by atoms with Crippen LogP contribution in [0.4, 0.5) is 0 Å². The zero-order chi connectivity index (χ0) is 9.90. The van der Waals surface area contributed by atoms with E-state index in [9.17, 15) is 5.11 Å². The van der Waals surface area contributed by atoms with Crippen LogP contribution in [-0.2, 0) is 10.3 Å². The summed E-state index contributed by atoms with van der Waals surface area (Å²) in [6.45, 7) is 2.31. The van der Waals surface area contributed by atoms with Crippen LogP contribution in [-0.4, -0.2) is 23.8 Å². The number of rotatable bonds is 4. The second-order valence-corrected chi connectivity index (χ2v) is 4.59. The molecule has 0 saturated heterocycles. The first kappa shape index (κ1) is 11.1. The third-order valence-corrected chi connectivity index (χ3v) is 3.75. The average molecular weight is 266 g/mol. The van der Waals surface area contributed by atoms with Gasteiger partial charge in [0, 0.05) is 20.1 Å². The number of methoxy groups -OCH3 is 1. The highest BCUT2D eigenvalue weighted by molar-refractivity contribution is 9.10. The first-order chi connectivity index (χ1) is 6.08. The molecule has 1 unspecified atom stereocenters. The maximum atomic E-state index is 10.0. The maximum Gasteiger partial charge on any atom is 0.123 e. The van der Waals surface area contributed by atoms with Crippen molar-refractivity contribution < 1.29 is 9.84 Å². The van der Waals surface area contributed by atoms with Gasteiger partial charge >= 0.3 is 0 Å². The monoisotopic (exact) mass is 265 g/mol. The van der Waals surface area contributed by atoms with Crippen LogP contribution in [0.25, 0.3) is 0 Å². The largest absolute Gasteiger partial charge is 0.385 e. The number of aliphatic hydroxyl groups is 1. The van der Waals surface area contributed by atoms with Crippen LogP contribution in [0.2, 0.25) is 0 Å². The number of nitrogens with zero attached hydrogens (tertiary/aromatic N) is 1. The quantitative estimate of drug-likeness (QED) is 0.908. The first-order valence-corrected chi connectivity index (χ1v) is 5.56. The van der Waals surface area contributed by atoms with Gasteiger partial charge in [-0.15, -0.1) is 11.3 Å². The SMILES string of the molecule is COCCC(C)(O)c1scnc1Br. The van der Waals surface area contributed by atoms with Crippen LogP contribution < -0.4 is 0 Å². The fourth-order valence-electron chi connectivity index (χ4n) is 0.996. The van der Waals surface area contributed by atoms with Gasteiger partial charge in [-0.1, -0.05) is 0 Å². The van der Waals surface area contributed by atoms with Crippen molar-refractivity contribution in [2.75, 3.05) is 13.7 Å². The van der Waals surface area contributed by atoms with Crippen LogP contribution in [0.1, 0.15) is 18.2 Å². The van der Waals surface area contributed by atoms with Crippen molar-refractivity contribution in [1.82, 2.24) is 4.98 Å². The Hall–Kier alpha value is 0.0300. The van der Waals surface area contributed by atoms with Crippen molar-refractivity contribution in [3.8, 4) is 0 Å².